The van der Waals surface area contributed by atoms with E-state index in [1.54, 1.807) is 47.9 Å². The van der Waals surface area contributed by atoms with Gasteiger partial charge in [-0.1, -0.05) is 23.7 Å². The van der Waals surface area contributed by atoms with Crippen LogP contribution in [0.4, 0.5) is 5.69 Å². The number of hydrogen-bond acceptors (Lipinski definition) is 5. The standard InChI is InChI=1S/C20H18ClN3O4S/c1-23(29(2)28)17-12-6-4-8-22-16(12)19(26)15-13(17)10-24(20(15)27)9-11-5-3-7-14(21)18(11)25/h3-8,25-26H,9-10H2,1-2H3. The fourth-order valence-corrected chi connectivity index (χ4v) is 4.30. The fourth-order valence-electron chi connectivity index (χ4n) is 3.64. The van der Waals surface area contributed by atoms with Gasteiger partial charge in [0.25, 0.3) is 5.91 Å². The zero-order valence-corrected chi connectivity index (χ0v) is 17.3. The first-order chi connectivity index (χ1) is 13.8. The lowest BCUT2D eigenvalue weighted by atomic mass is 10.0. The Morgan fingerprint density at radius 1 is 1.24 bits per heavy atom. The third-order valence-electron chi connectivity index (χ3n) is 5.09. The van der Waals surface area contributed by atoms with E-state index in [1.807, 2.05) is 0 Å². The summed E-state index contributed by atoms with van der Waals surface area (Å²) < 4.78 is 13.8. The van der Waals surface area contributed by atoms with Gasteiger partial charge in [0.05, 0.1) is 22.8 Å². The molecule has 0 radical (unpaired) electrons. The Morgan fingerprint density at radius 2 is 2.00 bits per heavy atom. The monoisotopic (exact) mass is 431 g/mol. The van der Waals surface area contributed by atoms with Crippen LogP contribution in [0.15, 0.2) is 36.5 Å². The first kappa shape index (κ1) is 19.5. The molecule has 1 atom stereocenters. The molecule has 0 aliphatic carbocycles. The van der Waals surface area contributed by atoms with Gasteiger partial charge in [-0.25, -0.2) is 4.21 Å². The molecular formula is C20H18ClN3O4S. The quantitative estimate of drug-likeness (QED) is 0.661. The van der Waals surface area contributed by atoms with Crippen molar-refractivity contribution in [3.05, 3.63) is 58.2 Å². The van der Waals surface area contributed by atoms with Gasteiger partial charge in [0.1, 0.15) is 22.3 Å². The molecule has 150 valence electrons. The lowest BCUT2D eigenvalue weighted by Gasteiger charge is -2.22. The second-order valence-corrected chi connectivity index (χ2v) is 8.58. The van der Waals surface area contributed by atoms with Crippen LogP contribution in [0.2, 0.25) is 5.02 Å². The Bertz CT molecular complexity index is 1180. The van der Waals surface area contributed by atoms with E-state index in [2.05, 4.69) is 4.98 Å². The van der Waals surface area contributed by atoms with Crippen LogP contribution >= 0.6 is 11.6 Å². The topological polar surface area (TPSA) is 94.0 Å². The molecular weight excluding hydrogens is 414 g/mol. The van der Waals surface area contributed by atoms with Crippen molar-refractivity contribution in [3.63, 3.8) is 0 Å². The van der Waals surface area contributed by atoms with Crippen molar-refractivity contribution >= 4 is 45.1 Å². The molecule has 2 N–H and O–H groups in total. The van der Waals surface area contributed by atoms with E-state index in [4.69, 9.17) is 11.6 Å². The summed E-state index contributed by atoms with van der Waals surface area (Å²) in [5.41, 5.74) is 2.08. The molecule has 2 aromatic carbocycles. The molecule has 1 aliphatic heterocycles. The van der Waals surface area contributed by atoms with Crippen LogP contribution in [0.1, 0.15) is 21.5 Å². The molecule has 1 unspecified atom stereocenters. The molecule has 0 spiro atoms. The average Bonchev–Trinajstić information content (AvgIpc) is 3.01. The number of pyridine rings is 1. The third kappa shape index (κ3) is 3.08. The number of nitrogens with zero attached hydrogens (tertiary/aromatic N) is 3. The van der Waals surface area contributed by atoms with E-state index in [1.165, 1.54) is 11.1 Å². The highest BCUT2D eigenvalue weighted by atomic mass is 35.5. The molecule has 1 aromatic heterocycles. The van der Waals surface area contributed by atoms with Crippen LogP contribution in [0.5, 0.6) is 11.5 Å². The van der Waals surface area contributed by atoms with Gasteiger partial charge in [0.15, 0.2) is 5.75 Å². The highest BCUT2D eigenvalue weighted by Gasteiger charge is 2.36. The van der Waals surface area contributed by atoms with Gasteiger partial charge in [0.2, 0.25) is 0 Å². The van der Waals surface area contributed by atoms with Crippen molar-refractivity contribution in [2.45, 2.75) is 13.1 Å². The predicted octanol–water partition coefficient (Wildman–Crippen LogP) is 3.19. The fraction of sp³-hybridized carbons (Fsp3) is 0.200. The summed E-state index contributed by atoms with van der Waals surface area (Å²) >= 11 is 5.98. The van der Waals surface area contributed by atoms with Crippen LogP contribution in [-0.2, 0) is 24.1 Å². The number of aromatic hydroxyl groups is 2. The van der Waals surface area contributed by atoms with Crippen molar-refractivity contribution in [1.29, 1.82) is 0 Å². The SMILES string of the molecule is CN(c1c2c(c(O)c3ncccc13)C(=O)N(Cc1cccc(Cl)c1O)C2)S(C)=O. The molecule has 0 saturated carbocycles. The maximum absolute atomic E-state index is 13.1. The summed E-state index contributed by atoms with van der Waals surface area (Å²) in [6.07, 6.45) is 3.07. The lowest BCUT2D eigenvalue weighted by Crippen LogP contribution is -2.23. The van der Waals surface area contributed by atoms with Crippen molar-refractivity contribution < 1.29 is 19.2 Å². The Hall–Kier alpha value is -2.84. The molecule has 0 saturated heterocycles. The second kappa shape index (κ2) is 7.20. The van der Waals surface area contributed by atoms with E-state index in [0.717, 1.165) is 0 Å². The summed E-state index contributed by atoms with van der Waals surface area (Å²) in [7, 11) is 0.325. The van der Waals surface area contributed by atoms with Gasteiger partial charge < -0.3 is 15.1 Å². The summed E-state index contributed by atoms with van der Waals surface area (Å²) in [5, 5.41) is 21.8. The first-order valence-electron chi connectivity index (χ1n) is 8.76. The minimum atomic E-state index is -1.35. The third-order valence-corrected chi connectivity index (χ3v) is 6.35. The molecule has 2 heterocycles. The molecule has 9 heteroatoms. The Morgan fingerprint density at radius 3 is 2.72 bits per heavy atom. The Balaban J connectivity index is 1.87. The Kier molecular flexibility index (Phi) is 4.84. The molecule has 29 heavy (non-hydrogen) atoms. The lowest BCUT2D eigenvalue weighted by molar-refractivity contribution is 0.0764. The average molecular weight is 432 g/mol. The van der Waals surface area contributed by atoms with Gasteiger partial charge in [-0.3, -0.25) is 14.1 Å². The summed E-state index contributed by atoms with van der Waals surface area (Å²) in [6.45, 7) is 0.302. The maximum atomic E-state index is 13.1. The highest BCUT2D eigenvalue weighted by Crippen LogP contribution is 2.44. The van der Waals surface area contributed by atoms with Crippen LogP contribution in [0.25, 0.3) is 10.9 Å². The molecule has 7 nitrogen and oxygen atoms in total. The van der Waals surface area contributed by atoms with E-state index in [0.29, 0.717) is 22.2 Å². The van der Waals surface area contributed by atoms with Crippen molar-refractivity contribution in [2.24, 2.45) is 0 Å². The molecule has 0 fully saturated rings. The van der Waals surface area contributed by atoms with Gasteiger partial charge in [-0.15, -0.1) is 0 Å². The van der Waals surface area contributed by atoms with E-state index < -0.39 is 11.0 Å². The predicted molar refractivity (Wildman–Crippen MR) is 113 cm³/mol. The van der Waals surface area contributed by atoms with Crippen LogP contribution in [-0.4, -0.2) is 43.5 Å². The molecule has 0 bridgehead atoms. The minimum Gasteiger partial charge on any atom is -0.506 e. The summed E-state index contributed by atoms with van der Waals surface area (Å²) in [5.74, 6) is -0.667. The number of carbonyl (C=O) groups excluding carboxylic acids is 1. The Labute approximate surface area is 174 Å². The van der Waals surface area contributed by atoms with Gasteiger partial charge in [-0.2, -0.15) is 0 Å². The number of rotatable bonds is 4. The number of fused-ring (bicyclic) bond motifs is 2. The largest absolute Gasteiger partial charge is 0.506 e. The highest BCUT2D eigenvalue weighted by molar-refractivity contribution is 7.85. The molecule has 4 rings (SSSR count). The van der Waals surface area contributed by atoms with E-state index >= 15 is 0 Å². The number of benzene rings is 2. The molecule has 3 aromatic rings. The second-order valence-electron chi connectivity index (χ2n) is 6.78. The number of carbonyl (C=O) groups is 1. The zero-order chi connectivity index (χ0) is 20.9. The maximum Gasteiger partial charge on any atom is 0.258 e. The number of hydrogen-bond donors (Lipinski definition) is 2. The summed E-state index contributed by atoms with van der Waals surface area (Å²) in [4.78, 5) is 18.9. The number of aromatic nitrogens is 1. The summed E-state index contributed by atoms with van der Waals surface area (Å²) in [6, 6.07) is 8.44. The zero-order valence-electron chi connectivity index (χ0n) is 15.7. The molecule has 1 amide bonds. The van der Waals surface area contributed by atoms with Crippen molar-refractivity contribution in [2.75, 3.05) is 17.6 Å². The van der Waals surface area contributed by atoms with Gasteiger partial charge in [0, 0.05) is 42.6 Å². The number of anilines is 1. The van der Waals surface area contributed by atoms with Crippen molar-refractivity contribution in [1.82, 2.24) is 9.88 Å². The first-order valence-corrected chi connectivity index (χ1v) is 10.7. The number of phenolic OH excluding ortho intramolecular Hbond substituents is 2. The number of halogens is 1. The van der Waals surface area contributed by atoms with Crippen LogP contribution in [0.3, 0.4) is 0 Å². The smallest absolute Gasteiger partial charge is 0.258 e. The van der Waals surface area contributed by atoms with E-state index in [9.17, 15) is 19.2 Å². The van der Waals surface area contributed by atoms with Gasteiger partial charge >= 0.3 is 0 Å². The van der Waals surface area contributed by atoms with Crippen molar-refractivity contribution in [3.8, 4) is 11.5 Å². The number of amides is 1. The minimum absolute atomic E-state index is 0.0824. The van der Waals surface area contributed by atoms with Gasteiger partial charge in [-0.05, 0) is 18.2 Å². The molecule has 1 aliphatic rings. The number of phenols is 2. The van der Waals surface area contributed by atoms with Crippen LogP contribution < -0.4 is 4.31 Å². The van der Waals surface area contributed by atoms with E-state index in [-0.39, 0.29) is 46.6 Å². The van der Waals surface area contributed by atoms with Crippen LogP contribution in [0, 0.1) is 0 Å². The number of para-hydroxylation sites is 1. The normalized spacial score (nSPS) is 14.3.